The van der Waals surface area contributed by atoms with E-state index in [9.17, 15) is 0 Å². The van der Waals surface area contributed by atoms with Gasteiger partial charge < -0.3 is 9.73 Å². The van der Waals surface area contributed by atoms with Crippen LogP contribution in [0.25, 0.3) is 0 Å². The number of furan rings is 1. The minimum absolute atomic E-state index is 0.314. The van der Waals surface area contributed by atoms with Gasteiger partial charge in [-0.3, -0.25) is 0 Å². The lowest BCUT2D eigenvalue weighted by molar-refractivity contribution is 0.406. The van der Waals surface area contributed by atoms with Gasteiger partial charge in [-0.1, -0.05) is 6.92 Å². The van der Waals surface area contributed by atoms with Crippen LogP contribution in [0.15, 0.2) is 33.7 Å². The van der Waals surface area contributed by atoms with E-state index < -0.39 is 0 Å². The number of rotatable bonds is 6. The van der Waals surface area contributed by atoms with Gasteiger partial charge in [-0.05, 0) is 18.6 Å². The van der Waals surface area contributed by atoms with Crippen molar-refractivity contribution in [1.82, 2.24) is 10.3 Å². The van der Waals surface area contributed by atoms with E-state index in [-0.39, 0.29) is 0 Å². The van der Waals surface area contributed by atoms with Crippen LogP contribution in [0, 0.1) is 0 Å². The predicted octanol–water partition coefficient (Wildman–Crippen LogP) is 3.02. The second kappa shape index (κ2) is 5.82. The van der Waals surface area contributed by atoms with E-state index in [1.807, 2.05) is 17.6 Å². The summed E-state index contributed by atoms with van der Waals surface area (Å²) in [6.07, 6.45) is 3.73. The third kappa shape index (κ3) is 2.93. The molecule has 0 aliphatic rings. The highest BCUT2D eigenvalue weighted by molar-refractivity contribution is 7.07. The van der Waals surface area contributed by atoms with E-state index in [0.29, 0.717) is 6.04 Å². The lowest BCUT2D eigenvalue weighted by atomic mass is 10.1. The molecule has 1 N–H and O–H groups in total. The topological polar surface area (TPSA) is 38.1 Å². The number of aromatic nitrogens is 1. The minimum Gasteiger partial charge on any atom is -0.468 e. The fourth-order valence-electron chi connectivity index (χ4n) is 1.67. The van der Waals surface area contributed by atoms with Crippen LogP contribution in [0.4, 0.5) is 0 Å². The molecule has 0 bridgehead atoms. The molecule has 2 heterocycles. The van der Waals surface area contributed by atoms with Crippen molar-refractivity contribution in [2.24, 2.45) is 0 Å². The zero-order valence-electron chi connectivity index (χ0n) is 9.35. The Morgan fingerprint density at radius 2 is 2.50 bits per heavy atom. The Balaban J connectivity index is 1.80. The van der Waals surface area contributed by atoms with Gasteiger partial charge in [-0.25, -0.2) is 4.98 Å². The summed E-state index contributed by atoms with van der Waals surface area (Å²) >= 11 is 1.64. The zero-order valence-corrected chi connectivity index (χ0v) is 10.2. The average Bonchev–Trinajstić information content (AvgIpc) is 2.96. The largest absolute Gasteiger partial charge is 0.468 e. The maximum atomic E-state index is 5.40. The first kappa shape index (κ1) is 11.4. The van der Waals surface area contributed by atoms with Crippen LogP contribution in [0.1, 0.15) is 30.8 Å². The maximum absolute atomic E-state index is 5.40. The van der Waals surface area contributed by atoms with Gasteiger partial charge in [0, 0.05) is 18.3 Å². The van der Waals surface area contributed by atoms with Crippen molar-refractivity contribution in [3.8, 4) is 0 Å². The van der Waals surface area contributed by atoms with Gasteiger partial charge in [0.25, 0.3) is 0 Å². The van der Waals surface area contributed by atoms with Crippen molar-refractivity contribution in [2.45, 2.75) is 25.8 Å². The lowest BCUT2D eigenvalue weighted by Gasteiger charge is -2.13. The number of hydrogen-bond donors (Lipinski definition) is 1. The van der Waals surface area contributed by atoms with E-state index in [1.54, 1.807) is 17.6 Å². The third-order valence-corrected chi connectivity index (χ3v) is 3.19. The van der Waals surface area contributed by atoms with Crippen molar-refractivity contribution in [3.05, 3.63) is 40.7 Å². The van der Waals surface area contributed by atoms with Crippen LogP contribution < -0.4 is 5.32 Å². The monoisotopic (exact) mass is 236 g/mol. The Bertz CT molecular complexity index is 383. The summed E-state index contributed by atoms with van der Waals surface area (Å²) in [5.74, 6) is 1.01. The highest BCUT2D eigenvalue weighted by Crippen LogP contribution is 2.16. The molecule has 0 amide bonds. The molecule has 2 aromatic rings. The molecule has 1 atom stereocenters. The molecule has 0 fully saturated rings. The number of thiazole rings is 1. The van der Waals surface area contributed by atoms with Gasteiger partial charge in [0.1, 0.15) is 5.76 Å². The fraction of sp³-hybridized carbons (Fsp3) is 0.417. The Kier molecular flexibility index (Phi) is 4.13. The molecule has 2 aromatic heterocycles. The minimum atomic E-state index is 0.314. The Morgan fingerprint density at radius 3 is 3.12 bits per heavy atom. The van der Waals surface area contributed by atoms with Crippen LogP contribution >= 0.6 is 11.3 Å². The Morgan fingerprint density at radius 1 is 1.56 bits per heavy atom. The summed E-state index contributed by atoms with van der Waals surface area (Å²) in [6.45, 7) is 3.09. The van der Waals surface area contributed by atoms with Crippen molar-refractivity contribution in [1.29, 1.82) is 0 Å². The maximum Gasteiger partial charge on any atom is 0.120 e. The van der Waals surface area contributed by atoms with Gasteiger partial charge in [0.05, 0.1) is 23.5 Å². The molecule has 0 spiro atoms. The summed E-state index contributed by atoms with van der Waals surface area (Å²) in [5.41, 5.74) is 3.03. The van der Waals surface area contributed by atoms with Crippen molar-refractivity contribution >= 4 is 11.3 Å². The van der Waals surface area contributed by atoms with Crippen LogP contribution in [-0.2, 0) is 6.42 Å². The fourth-order valence-corrected chi connectivity index (χ4v) is 2.26. The van der Waals surface area contributed by atoms with Crippen molar-refractivity contribution in [2.75, 3.05) is 6.54 Å². The molecule has 0 aromatic carbocycles. The second-order valence-corrected chi connectivity index (χ2v) is 4.38. The molecule has 3 nitrogen and oxygen atoms in total. The molecule has 0 saturated carbocycles. The molecule has 86 valence electrons. The summed E-state index contributed by atoms with van der Waals surface area (Å²) in [7, 11) is 0. The van der Waals surface area contributed by atoms with Crippen LogP contribution in [0.3, 0.4) is 0 Å². The van der Waals surface area contributed by atoms with Gasteiger partial charge in [-0.2, -0.15) is 0 Å². The number of hydrogen-bond acceptors (Lipinski definition) is 4. The summed E-state index contributed by atoms with van der Waals surface area (Å²) < 4.78 is 5.40. The van der Waals surface area contributed by atoms with E-state index >= 15 is 0 Å². The standard InChI is InChI=1S/C12H16N2OS/c1-2-11(12-4-3-7-15-12)13-6-5-10-8-16-9-14-10/h3-4,7-9,11,13H,2,5-6H2,1H3. The van der Waals surface area contributed by atoms with Crippen molar-refractivity contribution < 1.29 is 4.42 Å². The number of nitrogens with zero attached hydrogens (tertiary/aromatic N) is 1. The Hall–Kier alpha value is -1.13. The van der Waals surface area contributed by atoms with E-state index in [1.165, 1.54) is 0 Å². The molecule has 4 heteroatoms. The quantitative estimate of drug-likeness (QED) is 0.837. The third-order valence-electron chi connectivity index (χ3n) is 2.55. The molecule has 16 heavy (non-hydrogen) atoms. The molecule has 2 rings (SSSR count). The Labute approximate surface area is 99.5 Å². The summed E-state index contributed by atoms with van der Waals surface area (Å²) in [6, 6.07) is 4.26. The van der Waals surface area contributed by atoms with Gasteiger partial charge in [0.15, 0.2) is 0 Å². The van der Waals surface area contributed by atoms with Gasteiger partial charge >= 0.3 is 0 Å². The highest BCUT2D eigenvalue weighted by Gasteiger charge is 2.10. The predicted molar refractivity (Wildman–Crippen MR) is 65.6 cm³/mol. The normalized spacial score (nSPS) is 12.8. The van der Waals surface area contributed by atoms with E-state index in [2.05, 4.69) is 22.6 Å². The van der Waals surface area contributed by atoms with Crippen molar-refractivity contribution in [3.63, 3.8) is 0 Å². The molecule has 0 aliphatic heterocycles. The van der Waals surface area contributed by atoms with Crippen LogP contribution in [-0.4, -0.2) is 11.5 Å². The van der Waals surface area contributed by atoms with Crippen LogP contribution in [0.5, 0.6) is 0 Å². The first-order chi connectivity index (χ1) is 7.90. The van der Waals surface area contributed by atoms with Gasteiger partial charge in [-0.15, -0.1) is 11.3 Å². The smallest absolute Gasteiger partial charge is 0.120 e. The first-order valence-electron chi connectivity index (χ1n) is 5.54. The lowest BCUT2D eigenvalue weighted by Crippen LogP contribution is -2.22. The molecule has 0 aliphatic carbocycles. The molecular formula is C12H16N2OS. The molecule has 0 radical (unpaired) electrons. The van der Waals surface area contributed by atoms with Crippen LogP contribution in [0.2, 0.25) is 0 Å². The average molecular weight is 236 g/mol. The van der Waals surface area contributed by atoms with Gasteiger partial charge in [0.2, 0.25) is 0 Å². The number of nitrogens with one attached hydrogen (secondary N) is 1. The highest BCUT2D eigenvalue weighted by atomic mass is 32.1. The zero-order chi connectivity index (χ0) is 11.2. The second-order valence-electron chi connectivity index (χ2n) is 3.66. The molecular weight excluding hydrogens is 220 g/mol. The SMILES string of the molecule is CCC(NCCc1cscn1)c1ccco1. The summed E-state index contributed by atoms with van der Waals surface area (Å²) in [4.78, 5) is 4.26. The molecule has 1 unspecified atom stereocenters. The summed E-state index contributed by atoms with van der Waals surface area (Å²) in [5, 5.41) is 5.57. The van der Waals surface area contributed by atoms with E-state index in [4.69, 9.17) is 4.42 Å². The van der Waals surface area contributed by atoms with E-state index in [0.717, 1.165) is 30.8 Å². The molecule has 0 saturated heterocycles. The first-order valence-corrected chi connectivity index (χ1v) is 6.48.